The SMILES string of the molecule is CS(=O)(=O)NC[C@]1(O)CCN(C(=O)/C=C/c2ccccc2)C[C@H]1O. The normalized spacial score (nSPS) is 25.1. The molecule has 1 aliphatic heterocycles. The summed E-state index contributed by atoms with van der Waals surface area (Å²) in [5.41, 5.74) is -0.694. The van der Waals surface area contributed by atoms with E-state index in [1.54, 1.807) is 6.08 Å². The van der Waals surface area contributed by atoms with E-state index in [2.05, 4.69) is 4.72 Å². The molecule has 24 heavy (non-hydrogen) atoms. The first-order chi connectivity index (χ1) is 11.2. The van der Waals surface area contributed by atoms with E-state index in [4.69, 9.17) is 0 Å². The molecule has 0 saturated carbocycles. The van der Waals surface area contributed by atoms with Crippen LogP contribution >= 0.6 is 0 Å². The van der Waals surface area contributed by atoms with Crippen LogP contribution < -0.4 is 4.72 Å². The Hall–Kier alpha value is -1.74. The summed E-state index contributed by atoms with van der Waals surface area (Å²) in [6.07, 6.45) is 2.94. The number of likely N-dealkylation sites (tertiary alicyclic amines) is 1. The molecule has 1 saturated heterocycles. The Morgan fingerprint density at radius 1 is 1.42 bits per heavy atom. The van der Waals surface area contributed by atoms with Crippen molar-refractivity contribution in [2.45, 2.75) is 18.1 Å². The molecule has 1 aliphatic rings. The predicted octanol–water partition coefficient (Wildman–Crippen LogP) is -0.427. The zero-order chi connectivity index (χ0) is 17.8. The van der Waals surface area contributed by atoms with Gasteiger partial charge < -0.3 is 15.1 Å². The number of carbonyl (C=O) groups is 1. The van der Waals surface area contributed by atoms with Gasteiger partial charge in [-0.25, -0.2) is 13.1 Å². The second-order valence-corrected chi connectivity index (χ2v) is 7.82. The molecule has 1 heterocycles. The number of β-amino-alcohol motifs (C(OH)–C–C–N with tert-alkyl or cyclic N) is 1. The first kappa shape index (κ1) is 18.6. The summed E-state index contributed by atoms with van der Waals surface area (Å²) in [6.45, 7) is -0.105. The number of sulfonamides is 1. The van der Waals surface area contributed by atoms with Crippen molar-refractivity contribution < 1.29 is 23.4 Å². The smallest absolute Gasteiger partial charge is 0.246 e. The van der Waals surface area contributed by atoms with Gasteiger partial charge >= 0.3 is 0 Å². The van der Waals surface area contributed by atoms with Crippen molar-refractivity contribution in [1.82, 2.24) is 9.62 Å². The standard InChI is InChI=1S/C16H22N2O5S/c1-24(22,23)17-12-16(21)9-10-18(11-14(16)19)15(20)8-7-13-5-3-2-4-6-13/h2-8,14,17,19,21H,9-12H2,1H3/b8-7+/t14-,16-/m1/s1. The minimum absolute atomic E-state index is 0.0556. The highest BCUT2D eigenvalue weighted by Gasteiger charge is 2.41. The molecule has 1 fully saturated rings. The van der Waals surface area contributed by atoms with Crippen molar-refractivity contribution in [2.24, 2.45) is 0 Å². The topological polar surface area (TPSA) is 107 Å². The van der Waals surface area contributed by atoms with Crippen LogP contribution in [0.1, 0.15) is 12.0 Å². The molecule has 0 bridgehead atoms. The summed E-state index contributed by atoms with van der Waals surface area (Å²) in [5.74, 6) is -0.268. The molecule has 132 valence electrons. The molecule has 0 unspecified atom stereocenters. The van der Waals surface area contributed by atoms with Crippen molar-refractivity contribution in [3.63, 3.8) is 0 Å². The van der Waals surface area contributed by atoms with Crippen LogP contribution in [0.5, 0.6) is 0 Å². The van der Waals surface area contributed by atoms with Crippen LogP contribution in [0.4, 0.5) is 0 Å². The molecule has 0 spiro atoms. The molecule has 0 aliphatic carbocycles. The molecule has 7 nitrogen and oxygen atoms in total. The fraction of sp³-hybridized carbons (Fsp3) is 0.438. The predicted molar refractivity (Wildman–Crippen MR) is 90.5 cm³/mol. The molecule has 1 amide bonds. The molecule has 8 heteroatoms. The highest BCUT2D eigenvalue weighted by Crippen LogP contribution is 2.22. The van der Waals surface area contributed by atoms with Gasteiger partial charge in [-0.3, -0.25) is 4.79 Å². The first-order valence-electron chi connectivity index (χ1n) is 7.57. The summed E-state index contributed by atoms with van der Waals surface area (Å²) in [4.78, 5) is 13.6. The van der Waals surface area contributed by atoms with Crippen molar-refractivity contribution in [3.05, 3.63) is 42.0 Å². The van der Waals surface area contributed by atoms with E-state index in [0.29, 0.717) is 0 Å². The minimum Gasteiger partial charge on any atom is -0.388 e. The van der Waals surface area contributed by atoms with Crippen molar-refractivity contribution in [1.29, 1.82) is 0 Å². The molecular weight excluding hydrogens is 332 g/mol. The van der Waals surface area contributed by atoms with Gasteiger partial charge in [-0.2, -0.15) is 0 Å². The number of hydrogen-bond acceptors (Lipinski definition) is 5. The van der Waals surface area contributed by atoms with Gasteiger partial charge in [0.05, 0.1) is 6.26 Å². The van der Waals surface area contributed by atoms with E-state index in [1.165, 1.54) is 11.0 Å². The van der Waals surface area contributed by atoms with E-state index in [0.717, 1.165) is 11.8 Å². The van der Waals surface area contributed by atoms with E-state index < -0.39 is 21.7 Å². The number of amides is 1. The van der Waals surface area contributed by atoms with Crippen molar-refractivity contribution in [3.8, 4) is 0 Å². The molecule has 0 aromatic heterocycles. The van der Waals surface area contributed by atoms with Crippen LogP contribution in [0.25, 0.3) is 6.08 Å². The van der Waals surface area contributed by atoms with Gasteiger partial charge in [-0.1, -0.05) is 30.3 Å². The van der Waals surface area contributed by atoms with Crippen molar-refractivity contribution >= 4 is 22.0 Å². The minimum atomic E-state index is -3.47. The number of nitrogens with one attached hydrogen (secondary N) is 1. The molecule has 0 radical (unpaired) electrons. The Kier molecular flexibility index (Phi) is 5.76. The third-order valence-electron chi connectivity index (χ3n) is 4.00. The molecule has 2 atom stereocenters. The van der Waals surface area contributed by atoms with Gasteiger partial charge in [-0.15, -0.1) is 0 Å². The first-order valence-corrected chi connectivity index (χ1v) is 9.46. The Morgan fingerprint density at radius 2 is 2.08 bits per heavy atom. The Balaban J connectivity index is 1.94. The number of aliphatic hydroxyl groups excluding tert-OH is 1. The van der Waals surface area contributed by atoms with Gasteiger partial charge in [0, 0.05) is 25.7 Å². The van der Waals surface area contributed by atoms with Crippen LogP contribution in [0.2, 0.25) is 0 Å². The fourth-order valence-corrected chi connectivity index (χ4v) is 2.98. The lowest BCUT2D eigenvalue weighted by molar-refractivity contribution is -0.143. The summed E-state index contributed by atoms with van der Waals surface area (Å²) in [7, 11) is -3.47. The summed E-state index contributed by atoms with van der Waals surface area (Å²) in [6, 6.07) is 9.34. The van der Waals surface area contributed by atoms with Gasteiger partial charge in [0.2, 0.25) is 15.9 Å². The highest BCUT2D eigenvalue weighted by molar-refractivity contribution is 7.88. The van der Waals surface area contributed by atoms with Gasteiger partial charge in [0.1, 0.15) is 11.7 Å². The lowest BCUT2D eigenvalue weighted by Gasteiger charge is -2.41. The van der Waals surface area contributed by atoms with E-state index in [1.807, 2.05) is 30.3 Å². The Labute approximate surface area is 141 Å². The number of hydrogen-bond donors (Lipinski definition) is 3. The fourth-order valence-electron chi connectivity index (χ4n) is 2.46. The monoisotopic (exact) mass is 354 g/mol. The maximum Gasteiger partial charge on any atom is 0.246 e. The average Bonchev–Trinajstić information content (AvgIpc) is 2.54. The van der Waals surface area contributed by atoms with Crippen LogP contribution in [0, 0.1) is 0 Å². The summed E-state index contributed by atoms with van der Waals surface area (Å²) >= 11 is 0. The summed E-state index contributed by atoms with van der Waals surface area (Å²) in [5, 5.41) is 20.5. The molecule has 1 aromatic rings. The van der Waals surface area contributed by atoms with Gasteiger partial charge in [0.25, 0.3) is 0 Å². The zero-order valence-corrected chi connectivity index (χ0v) is 14.2. The highest BCUT2D eigenvalue weighted by atomic mass is 32.2. The van der Waals surface area contributed by atoms with Gasteiger partial charge in [-0.05, 0) is 18.1 Å². The Bertz CT molecular complexity index is 704. The third kappa shape index (κ3) is 5.13. The zero-order valence-electron chi connectivity index (χ0n) is 13.4. The second kappa shape index (κ2) is 7.43. The van der Waals surface area contributed by atoms with E-state index in [9.17, 15) is 23.4 Å². The van der Waals surface area contributed by atoms with Crippen LogP contribution in [0.15, 0.2) is 36.4 Å². The Morgan fingerprint density at radius 3 is 2.67 bits per heavy atom. The largest absolute Gasteiger partial charge is 0.388 e. The third-order valence-corrected chi connectivity index (χ3v) is 4.67. The van der Waals surface area contributed by atoms with Gasteiger partial charge in [0.15, 0.2) is 0 Å². The van der Waals surface area contributed by atoms with Crippen LogP contribution in [0.3, 0.4) is 0 Å². The van der Waals surface area contributed by atoms with E-state index in [-0.39, 0.29) is 32.0 Å². The number of benzene rings is 1. The number of piperidine rings is 1. The molecule has 3 N–H and O–H groups in total. The number of aliphatic hydroxyl groups is 2. The quantitative estimate of drug-likeness (QED) is 0.622. The molecule has 1 aromatic carbocycles. The average molecular weight is 354 g/mol. The van der Waals surface area contributed by atoms with E-state index >= 15 is 0 Å². The lowest BCUT2D eigenvalue weighted by Crippen LogP contribution is -2.60. The van der Waals surface area contributed by atoms with Crippen LogP contribution in [-0.4, -0.2) is 67.0 Å². The maximum absolute atomic E-state index is 12.2. The summed E-state index contributed by atoms with van der Waals surface area (Å²) < 4.78 is 24.5. The molecule has 2 rings (SSSR count). The van der Waals surface area contributed by atoms with Crippen molar-refractivity contribution in [2.75, 3.05) is 25.9 Å². The number of carbonyl (C=O) groups excluding carboxylic acids is 1. The second-order valence-electron chi connectivity index (χ2n) is 5.99. The van der Waals surface area contributed by atoms with Crippen LogP contribution in [-0.2, 0) is 14.8 Å². The number of rotatable bonds is 5. The molecular formula is C16H22N2O5S. The maximum atomic E-state index is 12.2. The lowest BCUT2D eigenvalue weighted by atomic mass is 9.88. The number of nitrogens with zero attached hydrogens (tertiary/aromatic N) is 1.